The van der Waals surface area contributed by atoms with E-state index in [0.29, 0.717) is 66.5 Å². The minimum atomic E-state index is -1.94. The number of rotatable bonds is 21. The van der Waals surface area contributed by atoms with Crippen molar-refractivity contribution in [1.82, 2.24) is 24.6 Å². The number of esters is 1. The first-order chi connectivity index (χ1) is 32.9. The third-order valence-corrected chi connectivity index (χ3v) is 20.0. The number of hydrogen-bond acceptors (Lipinski definition) is 14. The van der Waals surface area contributed by atoms with Gasteiger partial charge in [0, 0.05) is 45.3 Å². The minimum Gasteiger partial charge on any atom is -0.491 e. The van der Waals surface area contributed by atoms with Gasteiger partial charge in [-0.25, -0.2) is 19.0 Å². The lowest BCUT2D eigenvalue weighted by molar-refractivity contribution is 0.0320. The van der Waals surface area contributed by atoms with E-state index < -0.39 is 39.9 Å². The second kappa shape index (κ2) is 24.4. The third-order valence-electron chi connectivity index (χ3n) is 11.6. The Morgan fingerprint density at radius 2 is 1.67 bits per heavy atom. The lowest BCUT2D eigenvalue weighted by atomic mass is 10.2. The van der Waals surface area contributed by atoms with E-state index in [4.69, 9.17) is 38.4 Å². The molecule has 0 radical (unpaired) electrons. The fourth-order valence-electron chi connectivity index (χ4n) is 6.44. The van der Waals surface area contributed by atoms with E-state index in [1.165, 1.54) is 35.5 Å². The van der Waals surface area contributed by atoms with Crippen molar-refractivity contribution in [2.45, 2.75) is 130 Å². The van der Waals surface area contributed by atoms with Crippen LogP contribution in [-0.4, -0.2) is 106 Å². The number of para-hydroxylation sites is 1. The molecule has 0 fully saturated rings. The fraction of sp³-hybridized carbons (Fsp3) is 0.529. The quantitative estimate of drug-likeness (QED) is 0.0300. The molecule has 0 atom stereocenters. The Labute approximate surface area is 423 Å². The van der Waals surface area contributed by atoms with E-state index in [9.17, 15) is 9.59 Å². The average Bonchev–Trinajstić information content (AvgIpc) is 3.85. The molecule has 1 amide bonds. The van der Waals surface area contributed by atoms with Crippen molar-refractivity contribution in [2.75, 3.05) is 52.0 Å². The molecule has 3 aromatic heterocycles. The zero-order chi connectivity index (χ0) is 51.4. The number of benzene rings is 2. The highest BCUT2D eigenvalue weighted by Gasteiger charge is 2.37. The van der Waals surface area contributed by atoms with Gasteiger partial charge >= 0.3 is 12.1 Å². The highest BCUT2D eigenvalue weighted by molar-refractivity contribution is 7.16. The van der Waals surface area contributed by atoms with E-state index in [1.54, 1.807) is 45.2 Å². The SMILES string of the molecule is COC(=O)c1nc(N(CCCCO[Si](C)(C)C(C)(C)C)c2cc(C)c(N=c3sc4ccccc4n3COCC[Si](C)(C)C)nn2)sc1CCCOc1ccc(C#CCN(C)C(=O)OC(C)(C)C)cc1F. The third kappa shape index (κ3) is 16.3. The predicted molar refractivity (Wildman–Crippen MR) is 285 cm³/mol. The fourth-order valence-corrected chi connectivity index (χ4v) is 10.4. The van der Waals surface area contributed by atoms with Gasteiger partial charge in [-0.05, 0) is 120 Å². The van der Waals surface area contributed by atoms with Crippen LogP contribution >= 0.6 is 22.7 Å². The molecule has 2 aromatic carbocycles. The van der Waals surface area contributed by atoms with E-state index >= 15 is 4.39 Å². The van der Waals surface area contributed by atoms with Gasteiger partial charge in [0.15, 0.2) is 47.1 Å². The van der Waals surface area contributed by atoms with Gasteiger partial charge in [0.1, 0.15) is 12.3 Å². The maximum absolute atomic E-state index is 15.2. The van der Waals surface area contributed by atoms with Crippen LogP contribution in [0, 0.1) is 24.6 Å². The second-order valence-electron chi connectivity index (χ2n) is 20.9. The number of aryl methyl sites for hydroxylation is 2. The summed E-state index contributed by atoms with van der Waals surface area (Å²) >= 11 is 2.96. The normalized spacial score (nSPS) is 12.5. The van der Waals surface area contributed by atoms with Gasteiger partial charge in [-0.2, -0.15) is 4.99 Å². The molecule has 0 aliphatic rings. The number of thiazole rings is 2. The summed E-state index contributed by atoms with van der Waals surface area (Å²) in [7, 11) is -0.275. The number of aromatic nitrogens is 4. The van der Waals surface area contributed by atoms with Crippen LogP contribution in [-0.2, 0) is 31.8 Å². The molecule has 14 nitrogen and oxygen atoms in total. The standard InChI is InChI=1S/C51H72FN7O7S2Si2/c1-36-33-43(55-56-45(36)54-48-59(35-63-31-32-69(10,11)12)39-22-15-16-23-41(39)67-48)58(28-17-18-30-65-70(13,14)51(5,6)7)47-53-44(46(60)62-9)42(68-47)24-20-29-64-40-26-25-37(34-38(40)52)21-19-27-57(8)49(61)66-50(2,3)4/h15-16,22-23,25-26,33-34H,17-18,20,24,27-32,35H2,1-14H3. The molecule has 0 saturated carbocycles. The molecule has 0 aliphatic heterocycles. The molecule has 5 rings (SSSR count). The van der Waals surface area contributed by atoms with Crippen molar-refractivity contribution >= 4 is 78.1 Å². The zero-order valence-corrected chi connectivity index (χ0v) is 47.2. The first-order valence-electron chi connectivity index (χ1n) is 23.8. The summed E-state index contributed by atoms with van der Waals surface area (Å²) in [5, 5.41) is 10.1. The molecule has 5 aromatic rings. The number of fused-ring (bicyclic) bond motifs is 1. The number of halogens is 1. The summed E-state index contributed by atoms with van der Waals surface area (Å²) in [6.07, 6.45) is 1.96. The Hall–Kier alpha value is -4.98. The monoisotopic (exact) mass is 1030 g/mol. The van der Waals surface area contributed by atoms with Crippen LogP contribution in [0.4, 0.5) is 26.0 Å². The number of unbranched alkanes of at least 4 members (excludes halogenated alkanes) is 1. The topological polar surface area (TPSA) is 143 Å². The van der Waals surface area contributed by atoms with Crippen LogP contribution in [0.5, 0.6) is 5.75 Å². The molecule has 0 spiro atoms. The maximum atomic E-state index is 15.2. The number of ether oxygens (including phenoxy) is 4. The van der Waals surface area contributed by atoms with Crippen molar-refractivity contribution in [1.29, 1.82) is 0 Å². The summed E-state index contributed by atoms with van der Waals surface area (Å²) in [6.45, 7) is 28.1. The Morgan fingerprint density at radius 1 is 0.929 bits per heavy atom. The highest BCUT2D eigenvalue weighted by Crippen LogP contribution is 2.37. The number of methoxy groups -OCH3 is 1. The van der Waals surface area contributed by atoms with Gasteiger partial charge in [0.25, 0.3) is 0 Å². The molecular weight excluding hydrogens is 962 g/mol. The predicted octanol–water partition coefficient (Wildman–Crippen LogP) is 11.9. The number of carbonyl (C=O) groups is 2. The maximum Gasteiger partial charge on any atom is 0.410 e. The molecule has 0 unspecified atom stereocenters. The Bertz CT molecular complexity index is 2710. The van der Waals surface area contributed by atoms with Crippen LogP contribution in [0.2, 0.25) is 43.8 Å². The number of carbonyl (C=O) groups excluding carboxylic acids is 2. The van der Waals surface area contributed by atoms with Gasteiger partial charge in [-0.15, -0.1) is 21.5 Å². The first-order valence-corrected chi connectivity index (χ1v) is 32.0. The first kappa shape index (κ1) is 55.9. The van der Waals surface area contributed by atoms with E-state index in [-0.39, 0.29) is 29.6 Å². The highest BCUT2D eigenvalue weighted by atomic mass is 32.1. The summed E-state index contributed by atoms with van der Waals surface area (Å²) in [5.74, 6) is 5.79. The van der Waals surface area contributed by atoms with Gasteiger partial charge in [-0.1, -0.05) is 75.7 Å². The lowest BCUT2D eigenvalue weighted by Gasteiger charge is -2.36. The summed E-state index contributed by atoms with van der Waals surface area (Å²) in [4.78, 5) is 40.2. The van der Waals surface area contributed by atoms with Gasteiger partial charge in [-0.3, -0.25) is 4.57 Å². The van der Waals surface area contributed by atoms with Crippen molar-refractivity contribution in [2.24, 2.45) is 4.99 Å². The van der Waals surface area contributed by atoms with Crippen molar-refractivity contribution < 1.29 is 37.4 Å². The van der Waals surface area contributed by atoms with Gasteiger partial charge in [0.2, 0.25) is 0 Å². The van der Waals surface area contributed by atoms with E-state index in [1.807, 2.05) is 30.0 Å². The number of anilines is 2. The Morgan fingerprint density at radius 3 is 2.34 bits per heavy atom. The Balaban J connectivity index is 1.35. The van der Waals surface area contributed by atoms with Crippen LogP contribution < -0.4 is 14.4 Å². The minimum absolute atomic E-state index is 0.0791. The molecule has 0 bridgehead atoms. The molecule has 0 N–H and O–H groups in total. The molecular formula is C51H72FN7O7S2Si2. The lowest BCUT2D eigenvalue weighted by Crippen LogP contribution is -2.41. The van der Waals surface area contributed by atoms with Crippen molar-refractivity contribution in [3.05, 3.63) is 80.8 Å². The summed E-state index contributed by atoms with van der Waals surface area (Å²) in [6, 6.07) is 15.7. The smallest absolute Gasteiger partial charge is 0.410 e. The largest absolute Gasteiger partial charge is 0.491 e. The number of nitrogens with zero attached hydrogens (tertiary/aromatic N) is 7. The Kier molecular flexibility index (Phi) is 19.5. The average molecular weight is 1030 g/mol. The molecule has 19 heteroatoms. The van der Waals surface area contributed by atoms with Crippen LogP contribution in [0.15, 0.2) is 53.5 Å². The van der Waals surface area contributed by atoms with E-state index in [0.717, 1.165) is 39.5 Å². The molecule has 0 saturated heterocycles. The second-order valence-corrected chi connectivity index (χ2v) is 33.4. The molecule has 0 aliphatic carbocycles. The van der Waals surface area contributed by atoms with Gasteiger partial charge in [0.05, 0.1) is 30.5 Å². The number of hydrogen-bond donors (Lipinski definition) is 0. The van der Waals surface area contributed by atoms with Crippen molar-refractivity contribution in [3.8, 4) is 17.6 Å². The zero-order valence-electron chi connectivity index (χ0n) is 43.6. The van der Waals surface area contributed by atoms with E-state index in [2.05, 4.69) is 87.1 Å². The molecule has 70 heavy (non-hydrogen) atoms. The van der Waals surface area contributed by atoms with Gasteiger partial charge < -0.3 is 33.2 Å². The molecule has 380 valence electrons. The summed E-state index contributed by atoms with van der Waals surface area (Å²) in [5.41, 5.74) is 1.89. The molecule has 3 heterocycles. The summed E-state index contributed by atoms with van der Waals surface area (Å²) < 4.78 is 47.5. The van der Waals surface area contributed by atoms with Crippen LogP contribution in [0.25, 0.3) is 10.2 Å². The van der Waals surface area contributed by atoms with Crippen molar-refractivity contribution in [3.63, 3.8) is 0 Å². The van der Waals surface area contributed by atoms with Crippen LogP contribution in [0.1, 0.15) is 87.3 Å². The number of amides is 1. The van der Waals surface area contributed by atoms with Crippen LogP contribution in [0.3, 0.4) is 0 Å².